The fourth-order valence-corrected chi connectivity index (χ4v) is 18.6. The average molecular weight is 1250 g/mol. The predicted molar refractivity (Wildman–Crippen MR) is 401 cm³/mol. The molecule has 0 fully saturated rings. The minimum Gasteiger partial charge on any atom is -0.309 e. The maximum absolute atomic E-state index is 5.68. The second kappa shape index (κ2) is 20.0. The van der Waals surface area contributed by atoms with Gasteiger partial charge in [0.15, 0.2) is 5.82 Å². The monoisotopic (exact) mass is 1250 g/mol. The van der Waals surface area contributed by atoms with Gasteiger partial charge in [-0.05, 0) is 142 Å². The van der Waals surface area contributed by atoms with E-state index in [-0.39, 0.29) is 0 Å². The van der Waals surface area contributed by atoms with Crippen molar-refractivity contribution < 1.29 is 0 Å². The molecule has 0 unspecified atom stereocenters. The zero-order chi connectivity index (χ0) is 61.3. The molecule has 0 saturated carbocycles. The summed E-state index contributed by atoms with van der Waals surface area (Å²) in [5.74, 6) is 1.63. The van der Waals surface area contributed by atoms with E-state index in [0.29, 0.717) is 17.7 Å². The van der Waals surface area contributed by atoms with E-state index in [1.807, 2.05) is 34.0 Å². The van der Waals surface area contributed by atoms with Crippen LogP contribution in [-0.4, -0.2) is 28.7 Å². The summed E-state index contributed by atoms with van der Waals surface area (Å²) in [6.45, 7) is 0. The summed E-state index contributed by atoms with van der Waals surface area (Å²) in [4.78, 5) is 17.0. The van der Waals surface area contributed by atoms with E-state index in [9.17, 15) is 0 Å². The Hall–Kier alpha value is -11.6. The van der Waals surface area contributed by atoms with Crippen LogP contribution in [0.25, 0.3) is 199 Å². The summed E-state index contributed by atoms with van der Waals surface area (Å²) in [6, 6.07) is 107. The molecule has 0 N–H and O–H groups in total. The molecule has 7 heterocycles. The summed E-state index contributed by atoms with van der Waals surface area (Å²) < 4.78 is 14.7. The molecule has 9 heteroatoms. The highest BCUT2D eigenvalue weighted by Crippen LogP contribution is 2.45. The van der Waals surface area contributed by atoms with Gasteiger partial charge >= 0.3 is 0 Å². The molecule has 0 atom stereocenters. The molecule has 21 rings (SSSR count). The molecule has 0 aliphatic heterocycles. The van der Waals surface area contributed by atoms with Crippen LogP contribution < -0.4 is 0 Å². The third-order valence-electron chi connectivity index (χ3n) is 19.5. The first-order valence-electron chi connectivity index (χ1n) is 31.7. The van der Waals surface area contributed by atoms with Crippen LogP contribution >= 0.6 is 34.0 Å². The second-order valence-electron chi connectivity index (χ2n) is 24.6. The van der Waals surface area contributed by atoms with Crippen molar-refractivity contribution in [3.8, 4) is 62.4 Å². The van der Waals surface area contributed by atoms with Crippen molar-refractivity contribution in [1.82, 2.24) is 28.7 Å². The molecule has 0 amide bonds. The first-order chi connectivity index (χ1) is 46.6. The Bertz CT molecular complexity index is 6580. The highest BCUT2D eigenvalue weighted by molar-refractivity contribution is 7.26. The van der Waals surface area contributed by atoms with Gasteiger partial charge in [-0.15, -0.1) is 34.0 Å². The molecule has 7 aromatic heterocycles. The van der Waals surface area contributed by atoms with Crippen molar-refractivity contribution in [2.75, 3.05) is 0 Å². The summed E-state index contributed by atoms with van der Waals surface area (Å²) >= 11 is 5.56. The van der Waals surface area contributed by atoms with Gasteiger partial charge in [0.2, 0.25) is 11.9 Å². The lowest BCUT2D eigenvalue weighted by Gasteiger charge is -2.16. The van der Waals surface area contributed by atoms with Gasteiger partial charge in [0.1, 0.15) is 0 Å². The normalized spacial score (nSPS) is 12.3. The van der Waals surface area contributed by atoms with Crippen molar-refractivity contribution in [3.05, 3.63) is 291 Å². The molecule has 21 aromatic rings. The van der Waals surface area contributed by atoms with Crippen molar-refractivity contribution in [2.24, 2.45) is 0 Å². The molecule has 0 aliphatic carbocycles. The van der Waals surface area contributed by atoms with Gasteiger partial charge in [-0.2, -0.15) is 15.0 Å². The Morgan fingerprint density at radius 1 is 0.202 bits per heavy atom. The van der Waals surface area contributed by atoms with Crippen LogP contribution in [0, 0.1) is 0 Å². The van der Waals surface area contributed by atoms with E-state index in [1.54, 1.807) is 0 Å². The molecule has 0 spiro atoms. The Morgan fingerprint density at radius 3 is 0.936 bits per heavy atom. The summed E-state index contributed by atoms with van der Waals surface area (Å²) in [7, 11) is 0. The van der Waals surface area contributed by atoms with Crippen molar-refractivity contribution in [3.63, 3.8) is 0 Å². The third kappa shape index (κ3) is 7.71. The largest absolute Gasteiger partial charge is 0.309 e. The SMILES string of the molecule is c1ccc2c(c1)sc1cc(-c3ccc4c(c3)c3ccccc3n4-c3nc(-c4ccc(-n5c6ccccc6c6cc(-c7ccc8c(c7)sc7ccccc78)ccc65)c5ccccc45)nc(-n4c5ccccc5c5cc(-c6ccc7c(c6)sc6ccccc67)ccc54)n3)ccc12. The van der Waals surface area contributed by atoms with Crippen molar-refractivity contribution in [1.29, 1.82) is 0 Å². The first kappa shape index (κ1) is 52.1. The van der Waals surface area contributed by atoms with E-state index in [0.717, 1.165) is 87.8 Å². The van der Waals surface area contributed by atoms with Crippen LogP contribution in [0.1, 0.15) is 0 Å². The van der Waals surface area contributed by atoms with E-state index < -0.39 is 0 Å². The van der Waals surface area contributed by atoms with Gasteiger partial charge in [0.25, 0.3) is 0 Å². The number of aromatic nitrogens is 6. The number of para-hydroxylation sites is 3. The molecule has 0 bridgehead atoms. The van der Waals surface area contributed by atoms with Crippen LogP contribution in [0.2, 0.25) is 0 Å². The van der Waals surface area contributed by atoms with Crippen LogP contribution in [0.15, 0.2) is 291 Å². The quantitative estimate of drug-likeness (QED) is 0.160. The fourth-order valence-electron chi connectivity index (χ4n) is 15.2. The highest BCUT2D eigenvalue weighted by Gasteiger charge is 2.25. The van der Waals surface area contributed by atoms with Crippen LogP contribution in [-0.2, 0) is 0 Å². The zero-order valence-electron chi connectivity index (χ0n) is 50.1. The Labute approximate surface area is 549 Å². The van der Waals surface area contributed by atoms with Crippen LogP contribution in [0.5, 0.6) is 0 Å². The topological polar surface area (TPSA) is 53.5 Å². The smallest absolute Gasteiger partial charge is 0.240 e. The number of rotatable bonds is 7. The van der Waals surface area contributed by atoms with Crippen molar-refractivity contribution >= 4 is 171 Å². The number of benzene rings is 14. The van der Waals surface area contributed by atoms with Gasteiger partial charge in [0, 0.05) is 104 Å². The minimum atomic E-state index is 0.530. The van der Waals surface area contributed by atoms with Crippen LogP contribution in [0.3, 0.4) is 0 Å². The Kier molecular flexibility index (Phi) is 11.1. The molecule has 0 aliphatic rings. The maximum Gasteiger partial charge on any atom is 0.240 e. The first-order valence-corrected chi connectivity index (χ1v) is 34.2. The predicted octanol–water partition coefficient (Wildman–Crippen LogP) is 24.1. The molecule has 436 valence electrons. The number of thiophene rings is 3. The van der Waals surface area contributed by atoms with Crippen LogP contribution in [0.4, 0.5) is 0 Å². The Morgan fingerprint density at radius 2 is 0.511 bits per heavy atom. The zero-order valence-corrected chi connectivity index (χ0v) is 52.6. The summed E-state index contributed by atoms with van der Waals surface area (Å²) in [5, 5.41) is 16.8. The van der Waals surface area contributed by atoms with Gasteiger partial charge in [0.05, 0.1) is 38.8 Å². The number of nitrogens with zero attached hydrogens (tertiary/aromatic N) is 6. The molecule has 94 heavy (non-hydrogen) atoms. The molecule has 14 aromatic carbocycles. The molecular formula is C85H48N6S3. The van der Waals surface area contributed by atoms with E-state index in [1.165, 1.54) is 93.5 Å². The molecule has 0 radical (unpaired) electrons. The third-order valence-corrected chi connectivity index (χ3v) is 22.9. The lowest BCUT2D eigenvalue weighted by molar-refractivity contribution is 0.893. The fraction of sp³-hybridized carbons (Fsp3) is 0. The number of hydrogen-bond donors (Lipinski definition) is 0. The highest BCUT2D eigenvalue weighted by atomic mass is 32.1. The molecule has 0 saturated heterocycles. The van der Waals surface area contributed by atoms with Gasteiger partial charge < -0.3 is 4.57 Å². The number of hydrogen-bond acceptors (Lipinski definition) is 6. The molecular weight excluding hydrogens is 1200 g/mol. The van der Waals surface area contributed by atoms with Crippen molar-refractivity contribution in [2.45, 2.75) is 0 Å². The van der Waals surface area contributed by atoms with Gasteiger partial charge in [-0.3, -0.25) is 9.13 Å². The maximum atomic E-state index is 5.68. The number of fused-ring (bicyclic) bond motifs is 19. The van der Waals surface area contributed by atoms with E-state index >= 15 is 0 Å². The molecule has 6 nitrogen and oxygen atoms in total. The van der Waals surface area contributed by atoms with E-state index in [4.69, 9.17) is 15.0 Å². The summed E-state index contributed by atoms with van der Waals surface area (Å²) in [5.41, 5.74) is 15.4. The van der Waals surface area contributed by atoms with E-state index in [2.05, 4.69) is 305 Å². The summed E-state index contributed by atoms with van der Waals surface area (Å²) in [6.07, 6.45) is 0. The lowest BCUT2D eigenvalue weighted by Crippen LogP contribution is -2.10. The Balaban J connectivity index is 0.762. The minimum absolute atomic E-state index is 0.530. The standard InChI is InChI=1S/C85H48N6S3/c1-2-16-56-55(15-1)66(38-42-73(56)89-70-23-9-3-17-57(70)67-43-49(32-39-74(67)89)52-29-35-63-60-20-6-12-26-77(60)92-80(63)46-52)83-86-84(90-71-24-10-4-18-58(71)68-44-50(33-40-75(68)90)53-30-36-64-61-21-7-13-27-78(61)93-81(64)47-53)88-85(87-83)91-72-25-11-5-19-59(72)69-45-51(34-41-76(69)91)54-31-37-65-62-22-8-14-28-79(62)94-82(65)48-54/h1-48H. The van der Waals surface area contributed by atoms with Gasteiger partial charge in [-0.1, -0.05) is 188 Å². The lowest BCUT2D eigenvalue weighted by atomic mass is 10.0. The van der Waals surface area contributed by atoms with Gasteiger partial charge in [-0.25, -0.2) is 0 Å². The second-order valence-corrected chi connectivity index (χ2v) is 27.9. The average Bonchev–Trinajstić information content (AvgIpc) is 1.54.